The molecule has 7 nitrogen and oxygen atoms in total. The first-order valence-electron chi connectivity index (χ1n) is 11.4. The van der Waals surface area contributed by atoms with Gasteiger partial charge in [0.25, 0.3) is 0 Å². The molecule has 0 fully saturated rings. The van der Waals surface area contributed by atoms with Gasteiger partial charge in [0.15, 0.2) is 0 Å². The number of nitrogens with zero attached hydrogens (tertiary/aromatic N) is 1. The molecule has 0 saturated heterocycles. The van der Waals surface area contributed by atoms with Gasteiger partial charge in [0.1, 0.15) is 18.5 Å². The van der Waals surface area contributed by atoms with Crippen molar-refractivity contribution in [3.63, 3.8) is 0 Å². The van der Waals surface area contributed by atoms with Gasteiger partial charge < -0.3 is 20.5 Å². The zero-order valence-electron chi connectivity index (χ0n) is 20.1. The molecule has 4 N–H and O–H groups in total. The van der Waals surface area contributed by atoms with Crippen molar-refractivity contribution in [3.8, 4) is 5.75 Å². The van der Waals surface area contributed by atoms with Gasteiger partial charge in [0.05, 0.1) is 18.0 Å². The molecule has 0 spiro atoms. The van der Waals surface area contributed by atoms with Crippen LogP contribution < -0.4 is 25.8 Å². The van der Waals surface area contributed by atoms with Gasteiger partial charge in [-0.1, -0.05) is 62.7 Å². The summed E-state index contributed by atoms with van der Waals surface area (Å²) >= 11 is 0. The third kappa shape index (κ3) is 5.10. The number of ether oxygens (including phenoxy) is 1. The third-order valence-electron chi connectivity index (χ3n) is 5.72. The molecule has 178 valence electrons. The zero-order valence-corrected chi connectivity index (χ0v) is 20.1. The minimum Gasteiger partial charge on any atom is -0.491 e. The molecule has 0 aromatic heterocycles. The fourth-order valence-corrected chi connectivity index (χ4v) is 3.88. The van der Waals surface area contributed by atoms with Crippen molar-refractivity contribution in [2.45, 2.75) is 33.9 Å². The summed E-state index contributed by atoms with van der Waals surface area (Å²) in [6.45, 7) is 8.60. The molecule has 1 aliphatic heterocycles. The van der Waals surface area contributed by atoms with Crippen LogP contribution >= 0.6 is 0 Å². The molecule has 1 atom stereocenters. The lowest BCUT2D eigenvalue weighted by atomic mass is 9.92. The van der Waals surface area contributed by atoms with E-state index in [1.165, 1.54) is 5.56 Å². The number of urea groups is 1. The first-order valence-corrected chi connectivity index (χ1v) is 11.4. The lowest BCUT2D eigenvalue weighted by molar-refractivity contribution is 0.203. The summed E-state index contributed by atoms with van der Waals surface area (Å²) in [7, 11) is 0. The number of benzene rings is 3. The lowest BCUT2D eigenvalue weighted by Gasteiger charge is -2.30. The molecule has 3 aromatic rings. The van der Waals surface area contributed by atoms with Gasteiger partial charge in [-0.3, -0.25) is 10.4 Å². The number of anilines is 2. The van der Waals surface area contributed by atoms with Crippen molar-refractivity contribution >= 4 is 28.2 Å². The van der Waals surface area contributed by atoms with E-state index in [0.29, 0.717) is 11.4 Å². The normalized spacial score (nSPS) is 15.6. The number of hydrazine groups is 1. The third-order valence-corrected chi connectivity index (χ3v) is 5.72. The van der Waals surface area contributed by atoms with E-state index >= 15 is 0 Å². The lowest BCUT2D eigenvalue weighted by Crippen LogP contribution is -2.50. The Kier molecular flexibility index (Phi) is 6.65. The van der Waals surface area contributed by atoms with E-state index < -0.39 is 0 Å². The Morgan fingerprint density at radius 2 is 1.76 bits per heavy atom. The van der Waals surface area contributed by atoms with Crippen LogP contribution in [0.2, 0.25) is 0 Å². The summed E-state index contributed by atoms with van der Waals surface area (Å²) in [5.74, 6) is 0.666. The molecule has 1 unspecified atom stereocenters. The average Bonchev–Trinajstić information content (AvgIpc) is 3.23. The van der Waals surface area contributed by atoms with Gasteiger partial charge in [-0.2, -0.15) is 0 Å². The van der Waals surface area contributed by atoms with Gasteiger partial charge in [0, 0.05) is 21.9 Å². The van der Waals surface area contributed by atoms with E-state index in [0.717, 1.165) is 22.2 Å². The molecule has 0 radical (unpaired) electrons. The topological polar surface area (TPSA) is 85.9 Å². The molecule has 2 amide bonds. The van der Waals surface area contributed by atoms with E-state index in [4.69, 9.17) is 9.84 Å². The smallest absolute Gasteiger partial charge is 0.321 e. The maximum Gasteiger partial charge on any atom is 0.321 e. The number of nitrogens with one attached hydrogen (secondary N) is 3. The highest BCUT2D eigenvalue weighted by Crippen LogP contribution is 2.32. The molecular formula is C27H32N4O3. The molecule has 4 rings (SSSR count). The Hall–Kier alpha value is -3.71. The Bertz CT molecular complexity index is 1200. The number of hydrogen-bond acceptors (Lipinski definition) is 5. The fourth-order valence-electron chi connectivity index (χ4n) is 3.88. The minimum atomic E-state index is -0.365. The van der Waals surface area contributed by atoms with Crippen LogP contribution in [0.1, 0.15) is 26.3 Å². The summed E-state index contributed by atoms with van der Waals surface area (Å²) < 4.78 is 5.65. The number of carbonyl (C=O) groups is 1. The summed E-state index contributed by atoms with van der Waals surface area (Å²) in [5, 5.41) is 18.9. The fraction of sp³-hybridized carbons (Fsp3) is 0.296. The molecular weight excluding hydrogens is 428 g/mol. The van der Waals surface area contributed by atoms with Gasteiger partial charge in [-0.05, 0) is 37.3 Å². The SMILES string of the molecule is Cc1ccc(N2NC(C(C)(C)C)=CC2NC(=O)Nc2ccc(OCCO)c3ccccc23)cc1. The van der Waals surface area contributed by atoms with Crippen molar-refractivity contribution in [3.05, 3.63) is 78.0 Å². The second-order valence-electron chi connectivity index (χ2n) is 9.42. The van der Waals surface area contributed by atoms with E-state index in [1.807, 2.05) is 60.5 Å². The number of carbonyl (C=O) groups excluding carboxylic acids is 1. The summed E-state index contributed by atoms with van der Waals surface area (Å²) in [6, 6.07) is 19.2. The number of hydrogen-bond donors (Lipinski definition) is 4. The van der Waals surface area contributed by atoms with Crippen molar-refractivity contribution < 1.29 is 14.6 Å². The summed E-state index contributed by atoms with van der Waals surface area (Å²) in [6.07, 6.45) is 1.68. The van der Waals surface area contributed by atoms with Crippen molar-refractivity contribution in [1.29, 1.82) is 0 Å². The number of aliphatic hydroxyl groups excluding tert-OH is 1. The van der Waals surface area contributed by atoms with Crippen molar-refractivity contribution in [2.24, 2.45) is 5.41 Å². The van der Waals surface area contributed by atoms with Crippen LogP contribution in [0, 0.1) is 12.3 Å². The maximum absolute atomic E-state index is 13.1. The second kappa shape index (κ2) is 9.65. The molecule has 0 saturated carbocycles. The van der Waals surface area contributed by atoms with E-state index in [-0.39, 0.29) is 30.8 Å². The molecule has 7 heteroatoms. The Balaban J connectivity index is 1.56. The van der Waals surface area contributed by atoms with Crippen LogP contribution in [0.5, 0.6) is 5.75 Å². The average molecular weight is 461 g/mol. The molecule has 1 aliphatic rings. The Labute approximate surface area is 200 Å². The van der Waals surface area contributed by atoms with E-state index in [1.54, 1.807) is 6.07 Å². The van der Waals surface area contributed by atoms with Gasteiger partial charge in [-0.25, -0.2) is 4.79 Å². The largest absolute Gasteiger partial charge is 0.491 e. The monoisotopic (exact) mass is 460 g/mol. The van der Waals surface area contributed by atoms with Crippen molar-refractivity contribution in [2.75, 3.05) is 23.5 Å². The van der Waals surface area contributed by atoms with E-state index in [2.05, 4.69) is 49.0 Å². The van der Waals surface area contributed by atoms with Crippen LogP contribution in [-0.2, 0) is 0 Å². The number of amides is 2. The van der Waals surface area contributed by atoms with Crippen LogP contribution in [0.25, 0.3) is 10.8 Å². The highest BCUT2D eigenvalue weighted by atomic mass is 16.5. The minimum absolute atomic E-state index is 0.0618. The van der Waals surface area contributed by atoms with Crippen LogP contribution in [-0.4, -0.2) is 30.5 Å². The molecule has 0 bridgehead atoms. The van der Waals surface area contributed by atoms with Crippen molar-refractivity contribution in [1.82, 2.24) is 10.7 Å². The Morgan fingerprint density at radius 3 is 2.44 bits per heavy atom. The highest BCUT2D eigenvalue weighted by Gasteiger charge is 2.31. The number of rotatable bonds is 6. The number of aliphatic hydroxyl groups is 1. The van der Waals surface area contributed by atoms with Crippen LogP contribution in [0.15, 0.2) is 72.4 Å². The molecule has 34 heavy (non-hydrogen) atoms. The van der Waals surface area contributed by atoms with Crippen LogP contribution in [0.3, 0.4) is 0 Å². The summed E-state index contributed by atoms with van der Waals surface area (Å²) in [4.78, 5) is 13.1. The summed E-state index contributed by atoms with van der Waals surface area (Å²) in [5.41, 5.74) is 7.21. The molecule has 3 aromatic carbocycles. The molecule has 1 heterocycles. The number of allylic oxidation sites excluding steroid dienone is 1. The van der Waals surface area contributed by atoms with Gasteiger partial charge >= 0.3 is 6.03 Å². The predicted molar refractivity (Wildman–Crippen MR) is 137 cm³/mol. The highest BCUT2D eigenvalue weighted by molar-refractivity contribution is 6.04. The quantitative estimate of drug-likeness (QED) is 0.419. The predicted octanol–water partition coefficient (Wildman–Crippen LogP) is 4.92. The second-order valence-corrected chi connectivity index (χ2v) is 9.42. The first-order chi connectivity index (χ1) is 16.3. The molecule has 0 aliphatic carbocycles. The number of fused-ring (bicyclic) bond motifs is 1. The van der Waals surface area contributed by atoms with Gasteiger partial charge in [0.2, 0.25) is 0 Å². The zero-order chi connectivity index (χ0) is 24.3. The number of aryl methyl sites for hydroxylation is 1. The first kappa shape index (κ1) is 23.4. The van der Waals surface area contributed by atoms with E-state index in [9.17, 15) is 4.79 Å². The standard InChI is InChI=1S/C27H32N4O3/c1-18-9-11-19(12-10-18)31-25(17-24(30-31)27(2,3)4)29-26(33)28-22-13-14-23(34-16-15-32)21-8-6-5-7-20(21)22/h5-14,17,25,30,32H,15-16H2,1-4H3,(H2,28,29,33). The maximum atomic E-state index is 13.1. The van der Waals surface area contributed by atoms with Crippen LogP contribution in [0.4, 0.5) is 16.2 Å². The Morgan fingerprint density at radius 1 is 1.06 bits per heavy atom. The van der Waals surface area contributed by atoms with Gasteiger partial charge in [-0.15, -0.1) is 0 Å².